The highest BCUT2D eigenvalue weighted by Gasteiger charge is 2.23. The molecule has 0 bridgehead atoms. The van der Waals surface area contributed by atoms with E-state index in [1.165, 1.54) is 0 Å². The van der Waals surface area contributed by atoms with Gasteiger partial charge in [0.05, 0.1) is 11.8 Å². The van der Waals surface area contributed by atoms with E-state index in [2.05, 4.69) is 10.6 Å². The third-order valence-corrected chi connectivity index (χ3v) is 4.22. The van der Waals surface area contributed by atoms with Gasteiger partial charge in [-0.3, -0.25) is 9.59 Å². The Morgan fingerprint density at radius 3 is 2.82 bits per heavy atom. The number of anilines is 1. The van der Waals surface area contributed by atoms with Crippen LogP contribution < -0.4 is 15.4 Å². The van der Waals surface area contributed by atoms with Gasteiger partial charge in [-0.1, -0.05) is 0 Å². The summed E-state index contributed by atoms with van der Waals surface area (Å²) in [6.45, 7) is -0.0148. The van der Waals surface area contributed by atoms with Crippen molar-refractivity contribution in [3.05, 3.63) is 23.8 Å². The second-order valence-electron chi connectivity index (χ2n) is 5.73. The van der Waals surface area contributed by atoms with E-state index in [1.807, 2.05) is 0 Å². The Morgan fingerprint density at radius 1 is 1.32 bits per heavy atom. The number of methoxy groups -OCH3 is 1. The monoisotopic (exact) mass is 304 g/mol. The summed E-state index contributed by atoms with van der Waals surface area (Å²) < 4.78 is 10.7. The third-order valence-electron chi connectivity index (χ3n) is 4.22. The molecule has 1 fully saturated rings. The van der Waals surface area contributed by atoms with E-state index < -0.39 is 0 Å². The molecule has 3 rings (SSSR count). The highest BCUT2D eigenvalue weighted by atomic mass is 16.5. The van der Waals surface area contributed by atoms with Crippen molar-refractivity contribution in [2.75, 3.05) is 19.0 Å². The minimum atomic E-state index is -0.181. The second kappa shape index (κ2) is 6.36. The van der Waals surface area contributed by atoms with Gasteiger partial charge in [0, 0.05) is 18.7 Å². The van der Waals surface area contributed by atoms with Crippen LogP contribution in [0.2, 0.25) is 0 Å². The molecule has 0 atom stereocenters. The van der Waals surface area contributed by atoms with Gasteiger partial charge in [-0.2, -0.15) is 0 Å². The highest BCUT2D eigenvalue weighted by Crippen LogP contribution is 2.28. The predicted octanol–water partition coefficient (Wildman–Crippen LogP) is 1.70. The van der Waals surface area contributed by atoms with E-state index in [1.54, 1.807) is 25.3 Å². The molecule has 2 amide bonds. The zero-order valence-corrected chi connectivity index (χ0v) is 12.6. The van der Waals surface area contributed by atoms with Crippen LogP contribution in [0.15, 0.2) is 18.2 Å². The molecular formula is C16H20N2O4. The zero-order valence-electron chi connectivity index (χ0n) is 12.6. The van der Waals surface area contributed by atoms with E-state index >= 15 is 0 Å². The fourth-order valence-electron chi connectivity index (χ4n) is 2.93. The first-order valence-corrected chi connectivity index (χ1v) is 7.56. The number of amides is 2. The first-order valence-electron chi connectivity index (χ1n) is 7.56. The summed E-state index contributed by atoms with van der Waals surface area (Å²) in [5.74, 6) is 0.249. The second-order valence-corrected chi connectivity index (χ2v) is 5.73. The van der Waals surface area contributed by atoms with Crippen molar-refractivity contribution in [2.45, 2.75) is 37.8 Å². The van der Waals surface area contributed by atoms with Crippen LogP contribution in [0.3, 0.4) is 0 Å². The lowest BCUT2D eigenvalue weighted by Crippen LogP contribution is -2.39. The fourth-order valence-corrected chi connectivity index (χ4v) is 2.93. The Labute approximate surface area is 129 Å². The SMILES string of the molecule is COC1CCC(NC(=O)c2ccc3c(c2)OCC(=O)N3)CC1. The maximum atomic E-state index is 12.3. The molecule has 1 aliphatic heterocycles. The molecule has 22 heavy (non-hydrogen) atoms. The zero-order chi connectivity index (χ0) is 15.5. The van der Waals surface area contributed by atoms with Crippen molar-refractivity contribution in [3.8, 4) is 5.75 Å². The van der Waals surface area contributed by atoms with Crippen molar-refractivity contribution in [1.82, 2.24) is 5.32 Å². The molecular weight excluding hydrogens is 284 g/mol. The Balaban J connectivity index is 1.62. The molecule has 6 nitrogen and oxygen atoms in total. The molecule has 118 valence electrons. The van der Waals surface area contributed by atoms with Gasteiger partial charge in [-0.05, 0) is 43.9 Å². The predicted molar refractivity (Wildman–Crippen MR) is 81.1 cm³/mol. The molecule has 0 radical (unpaired) electrons. The van der Waals surface area contributed by atoms with Crippen LogP contribution in [-0.4, -0.2) is 37.7 Å². The molecule has 1 aromatic carbocycles. The number of nitrogens with one attached hydrogen (secondary N) is 2. The number of carbonyl (C=O) groups excluding carboxylic acids is 2. The van der Waals surface area contributed by atoms with E-state index in [0.29, 0.717) is 23.1 Å². The van der Waals surface area contributed by atoms with Crippen molar-refractivity contribution in [2.24, 2.45) is 0 Å². The molecule has 2 N–H and O–H groups in total. The third kappa shape index (κ3) is 3.22. The van der Waals surface area contributed by atoms with Gasteiger partial charge in [0.25, 0.3) is 11.8 Å². The number of ether oxygens (including phenoxy) is 2. The topological polar surface area (TPSA) is 76.7 Å². The average molecular weight is 304 g/mol. The number of rotatable bonds is 3. The lowest BCUT2D eigenvalue weighted by Gasteiger charge is -2.28. The van der Waals surface area contributed by atoms with Crippen LogP contribution in [0.5, 0.6) is 5.75 Å². The number of hydrogen-bond acceptors (Lipinski definition) is 4. The molecule has 0 aromatic heterocycles. The summed E-state index contributed by atoms with van der Waals surface area (Å²) in [5.41, 5.74) is 1.15. The highest BCUT2D eigenvalue weighted by molar-refractivity contribution is 5.99. The summed E-state index contributed by atoms with van der Waals surface area (Å²) in [5, 5.41) is 5.77. The van der Waals surface area contributed by atoms with E-state index in [4.69, 9.17) is 9.47 Å². The molecule has 0 spiro atoms. The molecule has 0 unspecified atom stereocenters. The molecule has 1 aromatic rings. The van der Waals surface area contributed by atoms with E-state index in [-0.39, 0.29) is 24.5 Å². The minimum absolute atomic E-state index is 0.0148. The van der Waals surface area contributed by atoms with Crippen molar-refractivity contribution in [1.29, 1.82) is 0 Å². The van der Waals surface area contributed by atoms with Gasteiger partial charge in [0.15, 0.2) is 6.61 Å². The van der Waals surface area contributed by atoms with Gasteiger partial charge >= 0.3 is 0 Å². The van der Waals surface area contributed by atoms with Crippen LogP contribution in [0.1, 0.15) is 36.0 Å². The Morgan fingerprint density at radius 2 is 2.09 bits per heavy atom. The van der Waals surface area contributed by atoms with E-state index in [0.717, 1.165) is 25.7 Å². The standard InChI is InChI=1S/C16H20N2O4/c1-21-12-5-3-11(4-6-12)17-16(20)10-2-7-13-14(8-10)22-9-15(19)18-13/h2,7-8,11-12H,3-6,9H2,1H3,(H,17,20)(H,18,19). The molecule has 2 aliphatic rings. The minimum Gasteiger partial charge on any atom is -0.482 e. The summed E-state index contributed by atoms with van der Waals surface area (Å²) in [7, 11) is 1.73. The maximum absolute atomic E-state index is 12.3. The van der Waals surface area contributed by atoms with Crippen molar-refractivity contribution in [3.63, 3.8) is 0 Å². The van der Waals surface area contributed by atoms with Crippen LogP contribution in [0.4, 0.5) is 5.69 Å². The first kappa shape index (κ1) is 14.8. The fraction of sp³-hybridized carbons (Fsp3) is 0.500. The Bertz CT molecular complexity index is 580. The van der Waals surface area contributed by atoms with Crippen LogP contribution in [0.25, 0.3) is 0 Å². The molecule has 1 aliphatic carbocycles. The number of hydrogen-bond donors (Lipinski definition) is 2. The lowest BCUT2D eigenvalue weighted by atomic mass is 9.93. The van der Waals surface area contributed by atoms with Crippen molar-refractivity contribution < 1.29 is 19.1 Å². The van der Waals surface area contributed by atoms with Gasteiger partial charge in [-0.15, -0.1) is 0 Å². The summed E-state index contributed by atoms with van der Waals surface area (Å²) in [6.07, 6.45) is 4.12. The van der Waals surface area contributed by atoms with Crippen molar-refractivity contribution >= 4 is 17.5 Å². The summed E-state index contributed by atoms with van der Waals surface area (Å²) in [6, 6.07) is 5.26. The smallest absolute Gasteiger partial charge is 0.262 e. The van der Waals surface area contributed by atoms with Crippen LogP contribution in [0, 0.1) is 0 Å². The summed E-state index contributed by atoms with van der Waals surface area (Å²) in [4.78, 5) is 23.6. The van der Waals surface area contributed by atoms with Gasteiger partial charge < -0.3 is 20.1 Å². The van der Waals surface area contributed by atoms with Gasteiger partial charge in [-0.25, -0.2) is 0 Å². The number of carbonyl (C=O) groups is 2. The Hall–Kier alpha value is -2.08. The quantitative estimate of drug-likeness (QED) is 0.891. The Kier molecular flexibility index (Phi) is 4.29. The summed E-state index contributed by atoms with van der Waals surface area (Å²) >= 11 is 0. The number of fused-ring (bicyclic) bond motifs is 1. The first-order chi connectivity index (χ1) is 10.7. The van der Waals surface area contributed by atoms with Gasteiger partial charge in [0.1, 0.15) is 5.75 Å². The lowest BCUT2D eigenvalue weighted by molar-refractivity contribution is -0.118. The van der Waals surface area contributed by atoms with Gasteiger partial charge in [0.2, 0.25) is 0 Å². The van der Waals surface area contributed by atoms with Crippen LogP contribution >= 0.6 is 0 Å². The normalized spacial score (nSPS) is 24.0. The average Bonchev–Trinajstić information content (AvgIpc) is 2.55. The maximum Gasteiger partial charge on any atom is 0.262 e. The molecule has 1 heterocycles. The van der Waals surface area contributed by atoms with E-state index in [9.17, 15) is 9.59 Å². The molecule has 1 saturated carbocycles. The molecule has 0 saturated heterocycles. The number of benzene rings is 1. The largest absolute Gasteiger partial charge is 0.482 e. The molecule has 6 heteroatoms. The van der Waals surface area contributed by atoms with Crippen LogP contribution in [-0.2, 0) is 9.53 Å².